The van der Waals surface area contributed by atoms with Crippen LogP contribution in [0.5, 0.6) is 0 Å². The van der Waals surface area contributed by atoms with Crippen LogP contribution in [0.2, 0.25) is 0 Å². The van der Waals surface area contributed by atoms with E-state index in [1.807, 2.05) is 30.6 Å². The first kappa shape index (κ1) is 28.3. The maximum atomic E-state index is 13.4. The summed E-state index contributed by atoms with van der Waals surface area (Å²) in [5.41, 5.74) is 1.71. The molecule has 1 saturated heterocycles. The number of carbonyl (C=O) groups excluding carboxylic acids is 3. The highest BCUT2D eigenvalue weighted by Crippen LogP contribution is 2.45. The van der Waals surface area contributed by atoms with Gasteiger partial charge in [-0.2, -0.15) is 0 Å². The number of nitrogens with zero attached hydrogens (tertiary/aromatic N) is 2. The van der Waals surface area contributed by atoms with Crippen molar-refractivity contribution < 1.29 is 28.2 Å². The molecule has 2 fully saturated rings. The lowest BCUT2D eigenvalue weighted by Crippen LogP contribution is -2.45. The van der Waals surface area contributed by atoms with E-state index in [9.17, 15) is 18.8 Å². The maximum Gasteiger partial charge on any atom is 0.410 e. The highest BCUT2D eigenvalue weighted by Gasteiger charge is 2.46. The molecule has 4 rings (SSSR count). The summed E-state index contributed by atoms with van der Waals surface area (Å²) in [6.07, 6.45) is 5.38. The third-order valence-electron chi connectivity index (χ3n) is 7.21. The second kappa shape index (κ2) is 12.0. The molecule has 1 saturated carbocycles. The van der Waals surface area contributed by atoms with Crippen molar-refractivity contribution in [1.82, 2.24) is 9.80 Å². The van der Waals surface area contributed by atoms with E-state index in [-0.39, 0.29) is 35.7 Å². The first-order valence-corrected chi connectivity index (χ1v) is 13.4. The van der Waals surface area contributed by atoms with E-state index in [0.29, 0.717) is 25.2 Å². The van der Waals surface area contributed by atoms with Crippen LogP contribution in [0.3, 0.4) is 0 Å². The Bertz CT molecular complexity index is 1190. The molecule has 1 aliphatic heterocycles. The molecule has 2 aliphatic rings. The van der Waals surface area contributed by atoms with Crippen LogP contribution in [0, 0.1) is 11.7 Å². The molecular formula is C31H37FN2O5. The molecule has 8 heteroatoms. The number of esters is 1. The summed E-state index contributed by atoms with van der Waals surface area (Å²) in [6.45, 7) is 7.38. The zero-order chi connectivity index (χ0) is 28.2. The molecule has 208 valence electrons. The maximum absolute atomic E-state index is 13.4. The first-order valence-electron chi connectivity index (χ1n) is 13.4. The predicted molar refractivity (Wildman–Crippen MR) is 147 cm³/mol. The summed E-state index contributed by atoms with van der Waals surface area (Å²) < 4.78 is 23.8. The summed E-state index contributed by atoms with van der Waals surface area (Å²) in [5, 5.41) is 0. The second-order valence-corrected chi connectivity index (χ2v) is 11.3. The van der Waals surface area contributed by atoms with Crippen molar-refractivity contribution in [2.75, 3.05) is 26.7 Å². The molecule has 2 aromatic rings. The van der Waals surface area contributed by atoms with E-state index in [2.05, 4.69) is 0 Å². The Morgan fingerprint density at radius 1 is 1.03 bits per heavy atom. The smallest absolute Gasteiger partial charge is 0.410 e. The topological polar surface area (TPSA) is 76.2 Å². The number of amides is 2. The van der Waals surface area contributed by atoms with Gasteiger partial charge in [-0.1, -0.05) is 24.3 Å². The Balaban J connectivity index is 1.33. The van der Waals surface area contributed by atoms with Crippen LogP contribution in [0.25, 0.3) is 6.08 Å². The average Bonchev–Trinajstić information content (AvgIpc) is 3.70. The quantitative estimate of drug-likeness (QED) is 0.337. The number of hydrogen-bond donors (Lipinski definition) is 0. The molecule has 7 nitrogen and oxygen atoms in total. The fourth-order valence-electron chi connectivity index (χ4n) is 5.00. The summed E-state index contributed by atoms with van der Waals surface area (Å²) in [5.74, 6) is -0.305. The van der Waals surface area contributed by atoms with Gasteiger partial charge in [0.2, 0.25) is 5.91 Å². The van der Waals surface area contributed by atoms with Crippen molar-refractivity contribution >= 4 is 24.0 Å². The van der Waals surface area contributed by atoms with Crippen LogP contribution in [-0.4, -0.2) is 66.2 Å². The lowest BCUT2D eigenvalue weighted by molar-refractivity contribution is -0.127. The van der Waals surface area contributed by atoms with E-state index in [1.165, 1.54) is 19.2 Å². The summed E-state index contributed by atoms with van der Waals surface area (Å²) in [6, 6.07) is 13.4. The number of methoxy groups -OCH3 is 1. The molecule has 0 aromatic heterocycles. The fourth-order valence-corrected chi connectivity index (χ4v) is 5.00. The minimum absolute atomic E-state index is 0.0264. The van der Waals surface area contributed by atoms with Gasteiger partial charge in [0.05, 0.1) is 12.7 Å². The van der Waals surface area contributed by atoms with Crippen LogP contribution in [0.4, 0.5) is 9.18 Å². The number of halogens is 1. The fraction of sp³-hybridized carbons (Fsp3) is 0.452. The number of ether oxygens (including phenoxy) is 2. The number of rotatable bonds is 7. The molecule has 2 aromatic carbocycles. The Kier molecular flexibility index (Phi) is 8.73. The zero-order valence-corrected chi connectivity index (χ0v) is 23.1. The molecule has 2 amide bonds. The zero-order valence-electron chi connectivity index (χ0n) is 23.1. The van der Waals surface area contributed by atoms with Gasteiger partial charge in [-0.05, 0) is 87.4 Å². The van der Waals surface area contributed by atoms with E-state index in [4.69, 9.17) is 9.47 Å². The molecule has 0 radical (unpaired) electrons. The summed E-state index contributed by atoms with van der Waals surface area (Å²) in [7, 11) is 1.34. The molecule has 0 N–H and O–H groups in total. The van der Waals surface area contributed by atoms with Crippen molar-refractivity contribution in [1.29, 1.82) is 0 Å². The molecule has 1 heterocycles. The third-order valence-corrected chi connectivity index (χ3v) is 7.21. The minimum Gasteiger partial charge on any atom is -0.465 e. The Hall–Kier alpha value is -3.68. The predicted octanol–water partition coefficient (Wildman–Crippen LogP) is 5.66. The number of carbonyl (C=O) groups is 3. The van der Waals surface area contributed by atoms with Gasteiger partial charge < -0.3 is 19.3 Å². The number of piperidine rings is 1. The van der Waals surface area contributed by atoms with Gasteiger partial charge in [-0.3, -0.25) is 4.79 Å². The van der Waals surface area contributed by atoms with Crippen LogP contribution < -0.4 is 0 Å². The summed E-state index contributed by atoms with van der Waals surface area (Å²) >= 11 is 0. The molecule has 0 unspecified atom stereocenters. The van der Waals surface area contributed by atoms with Gasteiger partial charge in [0.1, 0.15) is 11.4 Å². The monoisotopic (exact) mass is 536 g/mol. The van der Waals surface area contributed by atoms with Gasteiger partial charge >= 0.3 is 12.1 Å². The highest BCUT2D eigenvalue weighted by molar-refractivity contribution is 5.92. The Morgan fingerprint density at radius 3 is 2.26 bits per heavy atom. The van der Waals surface area contributed by atoms with Crippen molar-refractivity contribution in [3.05, 3.63) is 77.1 Å². The number of hydrogen-bond acceptors (Lipinski definition) is 5. The second-order valence-electron chi connectivity index (χ2n) is 11.3. The van der Waals surface area contributed by atoms with E-state index >= 15 is 0 Å². The van der Waals surface area contributed by atoms with Crippen LogP contribution in [0.15, 0.2) is 54.6 Å². The Morgan fingerprint density at radius 2 is 1.67 bits per heavy atom. The number of likely N-dealkylation sites (tertiary alicyclic amines) is 1. The Labute approximate surface area is 229 Å². The minimum atomic E-state index is -0.600. The number of benzene rings is 2. The van der Waals surface area contributed by atoms with Crippen LogP contribution >= 0.6 is 0 Å². The lowest BCUT2D eigenvalue weighted by Gasteiger charge is -2.35. The average molecular weight is 537 g/mol. The van der Waals surface area contributed by atoms with Crippen molar-refractivity contribution in [3.63, 3.8) is 0 Å². The molecule has 39 heavy (non-hydrogen) atoms. The molecular weight excluding hydrogens is 499 g/mol. The van der Waals surface area contributed by atoms with Gasteiger partial charge in [0.15, 0.2) is 0 Å². The SMILES string of the molecule is COC(=O)c1ccc(/C=C/C(=O)N2CCC(CN(C(=O)OC(C)(C)C)[C@H]3C[C@@H]3c3ccc(F)cc3)CC2)cc1. The van der Waals surface area contributed by atoms with Crippen LogP contribution in [-0.2, 0) is 14.3 Å². The van der Waals surface area contributed by atoms with Gasteiger partial charge in [0.25, 0.3) is 0 Å². The molecule has 2 atom stereocenters. The molecule has 0 spiro atoms. The van der Waals surface area contributed by atoms with E-state index < -0.39 is 11.6 Å². The van der Waals surface area contributed by atoms with Crippen LogP contribution in [0.1, 0.15) is 67.4 Å². The van der Waals surface area contributed by atoms with Gasteiger partial charge in [-0.15, -0.1) is 0 Å². The first-order chi connectivity index (χ1) is 18.5. The van der Waals surface area contributed by atoms with Crippen molar-refractivity contribution in [3.8, 4) is 0 Å². The standard InChI is InChI=1S/C31H37FN2O5/c1-31(2,3)39-30(37)34(27-19-26(27)23-10-12-25(32)13-11-23)20-22-15-17-33(18-16-22)28(35)14-7-21-5-8-24(9-6-21)29(36)38-4/h5-14,22,26-27H,15-20H2,1-4H3/b14-7+/t26-,27+/m1/s1. The normalized spacial score (nSPS) is 19.6. The third kappa shape index (κ3) is 7.68. The largest absolute Gasteiger partial charge is 0.465 e. The lowest BCUT2D eigenvalue weighted by atomic mass is 9.96. The van der Waals surface area contributed by atoms with Gasteiger partial charge in [0, 0.05) is 37.7 Å². The van der Waals surface area contributed by atoms with E-state index in [0.717, 1.165) is 30.4 Å². The molecule has 0 bridgehead atoms. The van der Waals surface area contributed by atoms with Gasteiger partial charge in [-0.25, -0.2) is 14.0 Å². The summed E-state index contributed by atoms with van der Waals surface area (Å²) in [4.78, 5) is 41.2. The van der Waals surface area contributed by atoms with Crippen molar-refractivity contribution in [2.24, 2.45) is 5.92 Å². The van der Waals surface area contributed by atoms with Crippen molar-refractivity contribution in [2.45, 2.75) is 57.6 Å². The molecule has 1 aliphatic carbocycles. The van der Waals surface area contributed by atoms with E-state index in [1.54, 1.807) is 48.6 Å². The highest BCUT2D eigenvalue weighted by atomic mass is 19.1.